The van der Waals surface area contributed by atoms with Crippen molar-refractivity contribution < 1.29 is 13.2 Å². The minimum absolute atomic E-state index is 0.0744. The Kier molecular flexibility index (Phi) is 4.04. The lowest BCUT2D eigenvalue weighted by molar-refractivity contribution is -0.138. The maximum Gasteiger partial charge on any atom is 0.416 e. The quantitative estimate of drug-likeness (QED) is 0.653. The molecule has 0 saturated carbocycles. The van der Waals surface area contributed by atoms with E-state index in [2.05, 4.69) is 0 Å². The Morgan fingerprint density at radius 1 is 1.00 bits per heavy atom. The highest BCUT2D eigenvalue weighted by Gasteiger charge is 2.37. The van der Waals surface area contributed by atoms with Gasteiger partial charge in [-0.1, -0.05) is 44.0 Å². The Morgan fingerprint density at radius 2 is 1.41 bits per heavy atom. The van der Waals surface area contributed by atoms with E-state index in [0.717, 1.165) is 6.07 Å². The molecule has 0 radical (unpaired) electrons. The van der Waals surface area contributed by atoms with Crippen molar-refractivity contribution in [3.05, 3.63) is 33.3 Å². The van der Waals surface area contributed by atoms with E-state index in [-0.39, 0.29) is 15.6 Å². The second-order valence-corrected chi connectivity index (χ2v) is 5.36. The Balaban J connectivity index is 3.53. The van der Waals surface area contributed by atoms with Crippen LogP contribution in [0.5, 0.6) is 0 Å². The largest absolute Gasteiger partial charge is 0.416 e. The van der Waals surface area contributed by atoms with Gasteiger partial charge in [0.05, 0.1) is 15.6 Å². The Hall–Kier alpha value is -0.410. The van der Waals surface area contributed by atoms with Crippen LogP contribution in [0.4, 0.5) is 13.2 Å². The number of hydrogen-bond donors (Lipinski definition) is 0. The summed E-state index contributed by atoms with van der Waals surface area (Å²) < 4.78 is 38.8. The van der Waals surface area contributed by atoms with E-state index in [1.807, 2.05) is 6.92 Å². The molecule has 0 atom stereocenters. The SMILES string of the molecule is CCC(C)(C)c1cc(Cl)c(Cl)cc1C(F)(F)F. The summed E-state index contributed by atoms with van der Waals surface area (Å²) in [5.41, 5.74) is -1.13. The molecule has 0 unspecified atom stereocenters. The second-order valence-electron chi connectivity index (χ2n) is 4.55. The number of alkyl halides is 3. The van der Waals surface area contributed by atoms with Crippen molar-refractivity contribution in [1.29, 1.82) is 0 Å². The van der Waals surface area contributed by atoms with Crippen LogP contribution in [0.3, 0.4) is 0 Å². The number of hydrogen-bond acceptors (Lipinski definition) is 0. The first-order valence-electron chi connectivity index (χ1n) is 5.16. The summed E-state index contributed by atoms with van der Waals surface area (Å²) in [5, 5.41) is 0.0748. The van der Waals surface area contributed by atoms with E-state index in [9.17, 15) is 13.2 Å². The van der Waals surface area contributed by atoms with Gasteiger partial charge in [-0.25, -0.2) is 0 Å². The summed E-state index contributed by atoms with van der Waals surface area (Å²) in [5.74, 6) is 0. The molecule has 0 aliphatic rings. The van der Waals surface area contributed by atoms with E-state index in [0.29, 0.717) is 6.42 Å². The first-order valence-corrected chi connectivity index (χ1v) is 5.92. The van der Waals surface area contributed by atoms with Gasteiger partial charge in [-0.3, -0.25) is 0 Å². The molecule has 0 spiro atoms. The van der Waals surface area contributed by atoms with Crippen LogP contribution in [0.25, 0.3) is 0 Å². The van der Waals surface area contributed by atoms with Crippen LogP contribution in [0, 0.1) is 0 Å². The van der Waals surface area contributed by atoms with Crippen LogP contribution < -0.4 is 0 Å². The molecule has 0 aromatic heterocycles. The Labute approximate surface area is 109 Å². The highest BCUT2D eigenvalue weighted by atomic mass is 35.5. The van der Waals surface area contributed by atoms with Gasteiger partial charge in [0.15, 0.2) is 0 Å². The van der Waals surface area contributed by atoms with Crippen LogP contribution >= 0.6 is 23.2 Å². The molecule has 96 valence electrons. The highest BCUT2D eigenvalue weighted by molar-refractivity contribution is 6.42. The molecule has 5 heteroatoms. The molecule has 0 aliphatic heterocycles. The predicted molar refractivity (Wildman–Crippen MR) is 64.8 cm³/mol. The summed E-state index contributed by atoms with van der Waals surface area (Å²) in [6.45, 7) is 5.34. The zero-order chi connectivity index (χ0) is 13.4. The van der Waals surface area contributed by atoms with Gasteiger partial charge in [0, 0.05) is 0 Å². The zero-order valence-electron chi connectivity index (χ0n) is 9.75. The Bertz CT molecular complexity index is 422. The van der Waals surface area contributed by atoms with E-state index in [4.69, 9.17) is 23.2 Å². The van der Waals surface area contributed by atoms with Crippen molar-refractivity contribution in [3.8, 4) is 0 Å². The molecule has 17 heavy (non-hydrogen) atoms. The lowest BCUT2D eigenvalue weighted by Crippen LogP contribution is -2.22. The van der Waals surface area contributed by atoms with Gasteiger partial charge in [0.25, 0.3) is 0 Å². The summed E-state index contributed by atoms with van der Waals surface area (Å²) >= 11 is 11.5. The molecule has 0 amide bonds. The topological polar surface area (TPSA) is 0 Å². The van der Waals surface area contributed by atoms with Crippen LogP contribution in [0.15, 0.2) is 12.1 Å². The van der Waals surface area contributed by atoms with E-state index < -0.39 is 17.2 Å². The molecule has 0 heterocycles. The maximum atomic E-state index is 12.9. The lowest BCUT2D eigenvalue weighted by atomic mass is 9.79. The molecule has 0 N–H and O–H groups in total. The molecule has 0 fully saturated rings. The number of halogens is 5. The fraction of sp³-hybridized carbons (Fsp3) is 0.500. The van der Waals surface area contributed by atoms with Gasteiger partial charge in [0.2, 0.25) is 0 Å². The summed E-state index contributed by atoms with van der Waals surface area (Å²) in [6, 6.07) is 2.22. The van der Waals surface area contributed by atoms with Crippen molar-refractivity contribution in [1.82, 2.24) is 0 Å². The maximum absolute atomic E-state index is 12.9. The minimum Gasteiger partial charge on any atom is -0.166 e. The van der Waals surface area contributed by atoms with Gasteiger partial charge >= 0.3 is 6.18 Å². The average Bonchev–Trinajstić information content (AvgIpc) is 2.19. The first kappa shape index (κ1) is 14.7. The van der Waals surface area contributed by atoms with Crippen molar-refractivity contribution in [3.63, 3.8) is 0 Å². The average molecular weight is 285 g/mol. The summed E-state index contributed by atoms with van der Waals surface area (Å²) in [4.78, 5) is 0. The molecule has 1 aromatic rings. The van der Waals surface area contributed by atoms with Crippen LogP contribution in [0.2, 0.25) is 10.0 Å². The van der Waals surface area contributed by atoms with Gasteiger partial charge in [0.1, 0.15) is 0 Å². The normalized spacial score (nSPS) is 12.9. The van der Waals surface area contributed by atoms with Crippen molar-refractivity contribution in [2.45, 2.75) is 38.8 Å². The van der Waals surface area contributed by atoms with E-state index in [1.165, 1.54) is 6.07 Å². The third kappa shape index (κ3) is 3.08. The highest BCUT2D eigenvalue weighted by Crippen LogP contribution is 2.42. The number of rotatable bonds is 2. The first-order chi connectivity index (χ1) is 7.59. The molecule has 0 aliphatic carbocycles. The Morgan fingerprint density at radius 3 is 1.76 bits per heavy atom. The van der Waals surface area contributed by atoms with Crippen LogP contribution in [-0.4, -0.2) is 0 Å². The van der Waals surface area contributed by atoms with Crippen molar-refractivity contribution >= 4 is 23.2 Å². The third-order valence-electron chi connectivity index (χ3n) is 2.98. The fourth-order valence-electron chi connectivity index (χ4n) is 1.53. The van der Waals surface area contributed by atoms with Gasteiger partial charge < -0.3 is 0 Å². The van der Waals surface area contributed by atoms with Gasteiger partial charge in [-0.2, -0.15) is 13.2 Å². The van der Waals surface area contributed by atoms with Crippen molar-refractivity contribution in [2.75, 3.05) is 0 Å². The minimum atomic E-state index is -4.42. The molecule has 0 bridgehead atoms. The molecule has 0 saturated heterocycles. The monoisotopic (exact) mass is 284 g/mol. The molecular weight excluding hydrogens is 272 g/mol. The zero-order valence-corrected chi connectivity index (χ0v) is 11.3. The van der Waals surface area contributed by atoms with Crippen molar-refractivity contribution in [2.24, 2.45) is 0 Å². The predicted octanol–water partition coefficient (Wildman–Crippen LogP) is 5.70. The molecule has 1 rings (SSSR count). The standard InChI is InChI=1S/C12H13Cl2F3/c1-4-11(2,3)7-5-9(13)10(14)6-8(7)12(15,16)17/h5-6H,4H2,1-3H3. The summed E-state index contributed by atoms with van der Waals surface area (Å²) in [7, 11) is 0. The third-order valence-corrected chi connectivity index (χ3v) is 3.70. The summed E-state index contributed by atoms with van der Waals surface area (Å²) in [6.07, 6.45) is -3.84. The van der Waals surface area contributed by atoms with Crippen LogP contribution in [0.1, 0.15) is 38.3 Å². The van der Waals surface area contributed by atoms with E-state index in [1.54, 1.807) is 13.8 Å². The molecule has 0 nitrogen and oxygen atoms in total. The molecule has 1 aromatic carbocycles. The van der Waals surface area contributed by atoms with Gasteiger partial charge in [-0.05, 0) is 29.5 Å². The van der Waals surface area contributed by atoms with Gasteiger partial charge in [-0.15, -0.1) is 0 Å². The molecular formula is C12H13Cl2F3. The number of benzene rings is 1. The lowest BCUT2D eigenvalue weighted by Gasteiger charge is -2.27. The smallest absolute Gasteiger partial charge is 0.166 e. The fourth-order valence-corrected chi connectivity index (χ4v) is 1.86. The second kappa shape index (κ2) is 4.69. The van der Waals surface area contributed by atoms with Crippen LogP contribution in [-0.2, 0) is 11.6 Å². The van der Waals surface area contributed by atoms with E-state index >= 15 is 0 Å².